The number of anilines is 2. The number of benzene rings is 3. The molecule has 82 heavy (non-hydrogen) atoms. The highest BCUT2D eigenvalue weighted by atomic mass is 35.5. The smallest absolute Gasteiger partial charge is 0.350 e. The fourth-order valence-electron chi connectivity index (χ4n) is 10.6. The highest BCUT2D eigenvalue weighted by Gasteiger charge is 2.52. The lowest BCUT2D eigenvalue weighted by Crippen LogP contribution is -2.68. The van der Waals surface area contributed by atoms with E-state index in [9.17, 15) is 40.5 Å². The van der Waals surface area contributed by atoms with Crippen molar-refractivity contribution in [1.29, 1.82) is 0 Å². The molecular formula is C53H74Cl2N12O15. The first-order valence-corrected chi connectivity index (χ1v) is 28.0. The van der Waals surface area contributed by atoms with Crippen LogP contribution in [0.25, 0.3) is 5.69 Å². The minimum absolute atomic E-state index is 0.0645. The molecule has 0 bridgehead atoms. The molecule has 0 radical (unpaired) electrons. The molecule has 4 saturated heterocycles. The topological polar surface area (TPSA) is 387 Å². The van der Waals surface area contributed by atoms with Gasteiger partial charge in [0.2, 0.25) is 5.79 Å². The third-order valence-corrected chi connectivity index (χ3v) is 16.2. The number of ether oxygens (including phenoxy) is 7. The lowest BCUT2D eigenvalue weighted by Gasteiger charge is -2.48. The van der Waals surface area contributed by atoms with Crippen LogP contribution in [0.1, 0.15) is 38.3 Å². The Morgan fingerprint density at radius 3 is 1.95 bits per heavy atom. The van der Waals surface area contributed by atoms with Crippen LogP contribution in [-0.4, -0.2) is 215 Å². The quantitative estimate of drug-likeness (QED) is 0.0494. The van der Waals surface area contributed by atoms with E-state index in [1.807, 2.05) is 44.2 Å². The zero-order chi connectivity index (χ0) is 58.6. The fourth-order valence-corrected chi connectivity index (χ4v) is 11.2. The predicted octanol–water partition coefficient (Wildman–Crippen LogP) is -1.71. The van der Waals surface area contributed by atoms with E-state index < -0.39 is 104 Å². The number of aliphatic hydroxyl groups is 7. The molecule has 450 valence electrons. The van der Waals surface area contributed by atoms with Crippen molar-refractivity contribution in [2.75, 3.05) is 62.3 Å². The van der Waals surface area contributed by atoms with Gasteiger partial charge in [0.25, 0.3) is 0 Å². The third-order valence-electron chi connectivity index (χ3n) is 15.6. The van der Waals surface area contributed by atoms with Crippen molar-refractivity contribution >= 4 is 34.6 Å². The normalized spacial score (nSPS) is 33.6. The second-order valence-electron chi connectivity index (χ2n) is 21.1. The van der Waals surface area contributed by atoms with Crippen molar-refractivity contribution < 1.29 is 68.9 Å². The monoisotopic (exact) mass is 1190 g/mol. The molecule has 6 heterocycles. The maximum Gasteiger partial charge on any atom is 0.350 e. The molecule has 4 aliphatic heterocycles. The van der Waals surface area contributed by atoms with E-state index in [2.05, 4.69) is 49.2 Å². The molecule has 10 rings (SSSR count). The molecular weight excluding hydrogens is 1120 g/mol. The van der Waals surface area contributed by atoms with E-state index in [1.165, 1.54) is 11.0 Å². The Hall–Kier alpha value is -4.96. The molecule has 15 N–H and O–H groups in total. The Balaban J connectivity index is 0.000000214. The molecule has 2 aromatic heterocycles. The van der Waals surface area contributed by atoms with Gasteiger partial charge in [0.1, 0.15) is 105 Å². The van der Waals surface area contributed by atoms with Crippen molar-refractivity contribution in [3.8, 4) is 11.4 Å². The number of hydrogen-bond donors (Lipinski definition) is 11. The van der Waals surface area contributed by atoms with Gasteiger partial charge in [-0.1, -0.05) is 36.2 Å². The average molecular weight is 1190 g/mol. The Labute approximate surface area is 482 Å². The van der Waals surface area contributed by atoms with Gasteiger partial charge >= 0.3 is 5.69 Å². The van der Waals surface area contributed by atoms with Crippen molar-refractivity contribution in [2.24, 2.45) is 22.9 Å². The SMILES string of the molecule is CCC(C)n1ncn(-c2ccc(N3CCN(c4ccc(OC[C@H]5CO[C@](Cn6cncn6)(c6ccc(Cl)cc6Cl)O5)cc4)CC3)cc2)c1=O.NC[C@H]1O[C@H](O[C@H]2[C@H](O)[C@@H](O[C@H]3O[C@H](CO)[C@@H](O)[C@H](N)[C@H]3O)[C@H](N)C[C@@H]2N)[C@H](O)[C@@H](O)[C@@H]1O. The summed E-state index contributed by atoms with van der Waals surface area (Å²) in [6, 6.07) is 18.7. The maximum absolute atomic E-state index is 12.8. The largest absolute Gasteiger partial charge is 0.491 e. The standard InChI is InChI=1S/C35H38Cl2N8O4.C18H36N4O11/c1-3-25(2)45-34(46)44(24-40-45)29-7-5-27(6-8-29)41-14-16-42(17-15-41)28-9-11-30(12-10-28)47-19-31-20-48-35(49-31,21-43-23-38-22-39-43)32-13-4-26(36)18-33(32)37;19-2-6-10(25)12(27)13(28)18(30-6)33-16-5(21)1-4(20)15(14(16)29)32-17-11(26)8(22)9(24)7(3-23)31-17/h4-13,18,22-25,31H,3,14-17,19-21H2,1-2H3;4-18,23-29H,1-3,19-22H2/t25?,31-,35-;4-,5+,6-,7-,8+,9-,10-,11-,12+,13-,14-,15+,16-,17-,18-/m01/s1. The van der Waals surface area contributed by atoms with Crippen LogP contribution in [0.5, 0.6) is 5.75 Å². The van der Waals surface area contributed by atoms with Crippen molar-refractivity contribution in [1.82, 2.24) is 29.1 Å². The minimum atomic E-state index is -1.66. The second-order valence-corrected chi connectivity index (χ2v) is 21.9. The van der Waals surface area contributed by atoms with Crippen LogP contribution in [0.4, 0.5) is 11.4 Å². The molecule has 1 saturated carbocycles. The summed E-state index contributed by atoms with van der Waals surface area (Å²) in [7, 11) is 0. The molecule has 1 unspecified atom stereocenters. The van der Waals surface area contributed by atoms with Gasteiger partial charge in [0, 0.05) is 66.8 Å². The zero-order valence-corrected chi connectivity index (χ0v) is 46.7. The van der Waals surface area contributed by atoms with Gasteiger partial charge in [-0.15, -0.1) is 0 Å². The average Bonchev–Trinajstić information content (AvgIpc) is 4.33. The molecule has 0 spiro atoms. The van der Waals surface area contributed by atoms with E-state index in [0.717, 1.165) is 55.4 Å². The van der Waals surface area contributed by atoms with E-state index in [-0.39, 0.29) is 37.3 Å². The number of halogens is 2. The summed E-state index contributed by atoms with van der Waals surface area (Å²) in [4.78, 5) is 21.6. The lowest BCUT2D eigenvalue weighted by molar-refractivity contribution is -0.332. The van der Waals surface area contributed by atoms with Gasteiger partial charge < -0.3 is 102 Å². The Bertz CT molecular complexity index is 2820. The van der Waals surface area contributed by atoms with Gasteiger partial charge in [-0.3, -0.25) is 0 Å². The molecule has 5 aromatic rings. The van der Waals surface area contributed by atoms with E-state index in [4.69, 9.17) is 79.3 Å². The first-order chi connectivity index (χ1) is 39.3. The van der Waals surface area contributed by atoms with E-state index >= 15 is 0 Å². The first-order valence-electron chi connectivity index (χ1n) is 27.2. The number of nitrogens with zero attached hydrogens (tertiary/aromatic N) is 8. The van der Waals surface area contributed by atoms with Gasteiger partial charge in [-0.25, -0.2) is 23.7 Å². The maximum atomic E-state index is 12.8. The molecule has 18 atom stereocenters. The van der Waals surface area contributed by atoms with Crippen molar-refractivity contribution in [3.63, 3.8) is 0 Å². The van der Waals surface area contributed by atoms with Gasteiger partial charge in [0.15, 0.2) is 12.6 Å². The second kappa shape index (κ2) is 27.0. The molecule has 0 amide bonds. The Morgan fingerprint density at radius 1 is 0.756 bits per heavy atom. The molecule has 1 aliphatic carbocycles. The van der Waals surface area contributed by atoms with Crippen LogP contribution in [0, 0.1) is 0 Å². The summed E-state index contributed by atoms with van der Waals surface area (Å²) in [6.07, 6.45) is -11.3. The van der Waals surface area contributed by atoms with Gasteiger partial charge in [0.05, 0.1) is 36.0 Å². The molecule has 3 aromatic carbocycles. The number of aromatic nitrogens is 6. The summed E-state index contributed by atoms with van der Waals surface area (Å²) in [5, 5.41) is 80.4. The van der Waals surface area contributed by atoms with Crippen LogP contribution < -0.4 is 43.2 Å². The van der Waals surface area contributed by atoms with Crippen LogP contribution in [0.2, 0.25) is 10.0 Å². The third kappa shape index (κ3) is 13.4. The van der Waals surface area contributed by atoms with Crippen LogP contribution >= 0.6 is 23.2 Å². The minimum Gasteiger partial charge on any atom is -0.491 e. The predicted molar refractivity (Wildman–Crippen MR) is 296 cm³/mol. The molecule has 27 nitrogen and oxygen atoms in total. The lowest BCUT2D eigenvalue weighted by atomic mass is 9.84. The van der Waals surface area contributed by atoms with Crippen molar-refractivity contribution in [3.05, 3.63) is 112 Å². The van der Waals surface area contributed by atoms with Crippen molar-refractivity contribution in [2.45, 2.75) is 143 Å². The van der Waals surface area contributed by atoms with Gasteiger partial charge in [-0.2, -0.15) is 10.2 Å². The molecule has 29 heteroatoms. The van der Waals surface area contributed by atoms with Gasteiger partial charge in [-0.05, 0) is 80.4 Å². The summed E-state index contributed by atoms with van der Waals surface area (Å²) in [5.74, 6) is -0.410. The summed E-state index contributed by atoms with van der Waals surface area (Å²) in [6.45, 7) is 7.72. The molecule has 5 aliphatic rings. The zero-order valence-electron chi connectivity index (χ0n) is 45.2. The summed E-state index contributed by atoms with van der Waals surface area (Å²) in [5.41, 5.74) is 27.1. The summed E-state index contributed by atoms with van der Waals surface area (Å²) < 4.78 is 45.8. The van der Waals surface area contributed by atoms with Crippen LogP contribution in [-0.2, 0) is 40.8 Å². The summed E-state index contributed by atoms with van der Waals surface area (Å²) >= 11 is 12.7. The highest BCUT2D eigenvalue weighted by molar-refractivity contribution is 6.35. The first kappa shape index (κ1) is 61.6. The number of nitrogens with two attached hydrogens (primary N) is 4. The Kier molecular flexibility index (Phi) is 20.2. The number of hydrogen-bond acceptors (Lipinski definition) is 24. The van der Waals surface area contributed by atoms with Crippen LogP contribution in [0.15, 0.2) is 90.5 Å². The number of rotatable bonds is 17. The van der Waals surface area contributed by atoms with Crippen LogP contribution in [0.3, 0.4) is 0 Å². The fraction of sp³-hybridized carbons (Fsp3) is 0.585. The highest BCUT2D eigenvalue weighted by Crippen LogP contribution is 2.41. The Morgan fingerprint density at radius 2 is 1.37 bits per heavy atom. The number of aliphatic hydroxyl groups excluding tert-OH is 7. The van der Waals surface area contributed by atoms with E-state index in [1.54, 1.807) is 34.0 Å². The molecule has 5 fully saturated rings. The van der Waals surface area contributed by atoms with E-state index in [0.29, 0.717) is 28.8 Å². The number of piperazine rings is 1.